The molecule has 0 radical (unpaired) electrons. The number of ether oxygens (including phenoxy) is 1. The molecular weight excluding hydrogens is 332 g/mol. The Labute approximate surface area is 152 Å². The molecule has 1 amide bonds. The highest BCUT2D eigenvalue weighted by molar-refractivity contribution is 5.93. The van der Waals surface area contributed by atoms with Gasteiger partial charge in [-0.15, -0.1) is 0 Å². The van der Waals surface area contributed by atoms with Gasteiger partial charge in [-0.1, -0.05) is 6.92 Å². The fourth-order valence-electron chi connectivity index (χ4n) is 2.83. The van der Waals surface area contributed by atoms with E-state index in [-0.39, 0.29) is 11.9 Å². The molecule has 138 valence electrons. The molecule has 0 aliphatic rings. The SMILES string of the molecule is CCOCCn1nc(C)cc1C(=O)N[C@H](CC)c1cn2cccnc2n1. The topological polar surface area (TPSA) is 86.3 Å². The molecule has 0 unspecified atom stereocenters. The van der Waals surface area contributed by atoms with Crippen LogP contribution in [0.2, 0.25) is 0 Å². The van der Waals surface area contributed by atoms with Gasteiger partial charge in [0.1, 0.15) is 5.69 Å². The Balaban J connectivity index is 1.77. The molecule has 0 spiro atoms. The van der Waals surface area contributed by atoms with Crippen molar-refractivity contribution in [1.82, 2.24) is 29.5 Å². The molecule has 0 bridgehead atoms. The maximum absolute atomic E-state index is 12.8. The van der Waals surface area contributed by atoms with Crippen molar-refractivity contribution < 1.29 is 9.53 Å². The summed E-state index contributed by atoms with van der Waals surface area (Å²) in [4.78, 5) is 21.5. The summed E-state index contributed by atoms with van der Waals surface area (Å²) in [5.41, 5.74) is 2.12. The van der Waals surface area contributed by atoms with Crippen LogP contribution in [0.5, 0.6) is 0 Å². The van der Waals surface area contributed by atoms with Crippen molar-refractivity contribution in [3.63, 3.8) is 0 Å². The van der Waals surface area contributed by atoms with Gasteiger partial charge >= 0.3 is 0 Å². The van der Waals surface area contributed by atoms with Crippen LogP contribution in [-0.4, -0.2) is 43.3 Å². The number of hydrogen-bond donors (Lipinski definition) is 1. The predicted molar refractivity (Wildman–Crippen MR) is 96.9 cm³/mol. The zero-order valence-electron chi connectivity index (χ0n) is 15.3. The number of rotatable bonds is 8. The quantitative estimate of drug-likeness (QED) is 0.625. The van der Waals surface area contributed by atoms with Gasteiger partial charge in [0.25, 0.3) is 5.91 Å². The number of carbonyl (C=O) groups excluding carboxylic acids is 1. The highest BCUT2D eigenvalue weighted by Crippen LogP contribution is 2.17. The highest BCUT2D eigenvalue weighted by atomic mass is 16.5. The standard InChI is InChI=1S/C18H24N6O2/c1-4-14(15-12-23-8-6-7-19-18(23)21-15)20-17(25)16-11-13(3)22-24(16)9-10-26-5-2/h6-8,11-12,14H,4-5,9-10H2,1-3H3,(H,20,25)/t14-/m1/s1. The number of nitrogens with zero attached hydrogens (tertiary/aromatic N) is 5. The Morgan fingerprint density at radius 2 is 2.23 bits per heavy atom. The first kappa shape index (κ1) is 18.1. The number of fused-ring (bicyclic) bond motifs is 1. The molecule has 8 heteroatoms. The summed E-state index contributed by atoms with van der Waals surface area (Å²) in [7, 11) is 0. The van der Waals surface area contributed by atoms with Crippen molar-refractivity contribution in [3.8, 4) is 0 Å². The third kappa shape index (κ3) is 3.91. The van der Waals surface area contributed by atoms with Gasteiger partial charge in [0.05, 0.1) is 30.6 Å². The lowest BCUT2D eigenvalue weighted by Gasteiger charge is -2.15. The molecule has 0 aliphatic heterocycles. The van der Waals surface area contributed by atoms with Crippen LogP contribution in [0.4, 0.5) is 0 Å². The second-order valence-corrected chi connectivity index (χ2v) is 6.02. The minimum absolute atomic E-state index is 0.168. The van der Waals surface area contributed by atoms with Crippen LogP contribution in [0.25, 0.3) is 5.78 Å². The fraction of sp³-hybridized carbons (Fsp3) is 0.444. The van der Waals surface area contributed by atoms with Crippen LogP contribution >= 0.6 is 0 Å². The Morgan fingerprint density at radius 1 is 1.38 bits per heavy atom. The maximum Gasteiger partial charge on any atom is 0.270 e. The third-order valence-electron chi connectivity index (χ3n) is 4.11. The van der Waals surface area contributed by atoms with E-state index in [0.717, 1.165) is 17.8 Å². The lowest BCUT2D eigenvalue weighted by atomic mass is 10.1. The first-order chi connectivity index (χ1) is 12.6. The molecule has 3 rings (SSSR count). The average molecular weight is 356 g/mol. The van der Waals surface area contributed by atoms with Gasteiger partial charge in [0, 0.05) is 25.2 Å². The third-order valence-corrected chi connectivity index (χ3v) is 4.11. The van der Waals surface area contributed by atoms with E-state index in [1.54, 1.807) is 16.9 Å². The van der Waals surface area contributed by atoms with Gasteiger partial charge in [0.15, 0.2) is 0 Å². The first-order valence-corrected chi connectivity index (χ1v) is 8.85. The number of aryl methyl sites for hydroxylation is 1. The molecule has 3 heterocycles. The Hall–Kier alpha value is -2.74. The van der Waals surface area contributed by atoms with E-state index in [1.165, 1.54) is 0 Å². The fourth-order valence-corrected chi connectivity index (χ4v) is 2.83. The summed E-state index contributed by atoms with van der Waals surface area (Å²) in [5.74, 6) is 0.451. The number of nitrogens with one attached hydrogen (secondary N) is 1. The molecule has 26 heavy (non-hydrogen) atoms. The van der Waals surface area contributed by atoms with Crippen LogP contribution in [0.1, 0.15) is 48.2 Å². The van der Waals surface area contributed by atoms with E-state index in [4.69, 9.17) is 4.74 Å². The Bertz CT molecular complexity index is 852. The Kier molecular flexibility index (Phi) is 5.62. The van der Waals surface area contributed by atoms with Crippen molar-refractivity contribution in [3.05, 3.63) is 47.8 Å². The van der Waals surface area contributed by atoms with Gasteiger partial charge in [-0.2, -0.15) is 5.10 Å². The van der Waals surface area contributed by atoms with Crippen molar-refractivity contribution in [2.75, 3.05) is 13.2 Å². The van der Waals surface area contributed by atoms with Crippen LogP contribution in [0.15, 0.2) is 30.7 Å². The zero-order chi connectivity index (χ0) is 18.5. The van der Waals surface area contributed by atoms with E-state index in [9.17, 15) is 4.79 Å². The molecule has 0 aliphatic carbocycles. The van der Waals surface area contributed by atoms with Crippen LogP contribution in [-0.2, 0) is 11.3 Å². The average Bonchev–Trinajstić information content (AvgIpc) is 3.23. The van der Waals surface area contributed by atoms with Crippen molar-refractivity contribution >= 4 is 11.7 Å². The number of imidazole rings is 1. The second-order valence-electron chi connectivity index (χ2n) is 6.02. The molecule has 0 saturated heterocycles. The van der Waals surface area contributed by atoms with E-state index >= 15 is 0 Å². The van der Waals surface area contributed by atoms with Crippen LogP contribution in [0.3, 0.4) is 0 Å². The lowest BCUT2D eigenvalue weighted by molar-refractivity contribution is 0.0917. The molecular formula is C18H24N6O2. The molecule has 3 aromatic heterocycles. The molecule has 0 fully saturated rings. The van der Waals surface area contributed by atoms with Gasteiger partial charge in [-0.25, -0.2) is 9.97 Å². The first-order valence-electron chi connectivity index (χ1n) is 8.85. The van der Waals surface area contributed by atoms with Gasteiger partial charge in [-0.3, -0.25) is 13.9 Å². The maximum atomic E-state index is 12.8. The molecule has 3 aromatic rings. The minimum atomic E-state index is -0.195. The van der Waals surface area contributed by atoms with E-state index in [2.05, 4.69) is 20.4 Å². The minimum Gasteiger partial charge on any atom is -0.380 e. The number of hydrogen-bond acceptors (Lipinski definition) is 5. The summed E-state index contributed by atoms with van der Waals surface area (Å²) in [6.07, 6.45) is 6.21. The van der Waals surface area contributed by atoms with Crippen molar-refractivity contribution in [1.29, 1.82) is 0 Å². The van der Waals surface area contributed by atoms with Crippen molar-refractivity contribution in [2.45, 2.75) is 39.8 Å². The largest absolute Gasteiger partial charge is 0.380 e. The summed E-state index contributed by atoms with van der Waals surface area (Å²) in [5, 5.41) is 7.45. The summed E-state index contributed by atoms with van der Waals surface area (Å²) in [6.45, 7) is 7.53. The smallest absolute Gasteiger partial charge is 0.270 e. The van der Waals surface area contributed by atoms with Crippen molar-refractivity contribution in [2.24, 2.45) is 0 Å². The predicted octanol–water partition coefficient (Wildman–Crippen LogP) is 2.15. The lowest BCUT2D eigenvalue weighted by Crippen LogP contribution is -2.30. The molecule has 0 saturated carbocycles. The summed E-state index contributed by atoms with van der Waals surface area (Å²) >= 11 is 0. The van der Waals surface area contributed by atoms with Crippen LogP contribution < -0.4 is 5.32 Å². The number of amides is 1. The van der Waals surface area contributed by atoms with Crippen LogP contribution in [0, 0.1) is 6.92 Å². The van der Waals surface area contributed by atoms with Gasteiger partial charge in [0.2, 0.25) is 5.78 Å². The van der Waals surface area contributed by atoms with E-state index in [0.29, 0.717) is 31.2 Å². The number of aromatic nitrogens is 5. The van der Waals surface area contributed by atoms with Gasteiger partial charge < -0.3 is 10.1 Å². The van der Waals surface area contributed by atoms with E-state index in [1.807, 2.05) is 43.6 Å². The van der Waals surface area contributed by atoms with Gasteiger partial charge in [-0.05, 0) is 32.4 Å². The Morgan fingerprint density at radius 3 is 2.96 bits per heavy atom. The summed E-state index contributed by atoms with van der Waals surface area (Å²) < 4.78 is 8.92. The summed E-state index contributed by atoms with van der Waals surface area (Å²) in [6, 6.07) is 3.44. The highest BCUT2D eigenvalue weighted by Gasteiger charge is 2.20. The molecule has 8 nitrogen and oxygen atoms in total. The molecule has 0 aromatic carbocycles. The normalized spacial score (nSPS) is 12.4. The number of carbonyl (C=O) groups is 1. The van der Waals surface area contributed by atoms with E-state index < -0.39 is 0 Å². The second kappa shape index (κ2) is 8.09. The monoisotopic (exact) mass is 356 g/mol. The molecule has 1 atom stereocenters. The zero-order valence-corrected chi connectivity index (χ0v) is 15.3. The molecule has 1 N–H and O–H groups in total.